The van der Waals surface area contributed by atoms with E-state index in [1.165, 1.54) is 24.3 Å². The van der Waals surface area contributed by atoms with Crippen molar-refractivity contribution < 1.29 is 13.3 Å². The van der Waals surface area contributed by atoms with E-state index in [4.69, 9.17) is 11.6 Å². The summed E-state index contributed by atoms with van der Waals surface area (Å²) in [5, 5.41) is 16.2. The smallest absolute Gasteiger partial charge is 0.280 e. The van der Waals surface area contributed by atoms with E-state index >= 15 is 0 Å². The third kappa shape index (κ3) is 3.96. The molecule has 2 N–H and O–H groups in total. The van der Waals surface area contributed by atoms with E-state index in [9.17, 15) is 18.5 Å². The Morgan fingerprint density at radius 3 is 2.76 bits per heavy atom. The van der Waals surface area contributed by atoms with Crippen LogP contribution in [0.25, 0.3) is 0 Å². The molecular weight excluding hydrogens is 416 g/mol. The zero-order valence-corrected chi connectivity index (χ0v) is 16.7. The molecule has 2 unspecified atom stereocenters. The fourth-order valence-electron chi connectivity index (χ4n) is 3.49. The SMILES string of the molecule is O=[N+]([O-])c1cc(S(=O)(=O)Nc2cccc(Cl)c2)ccc1N/N=C1\CC2C=CCC12. The molecule has 0 aromatic heterocycles. The first-order chi connectivity index (χ1) is 13.8. The highest BCUT2D eigenvalue weighted by molar-refractivity contribution is 7.92. The largest absolute Gasteiger partial charge is 0.295 e. The van der Waals surface area contributed by atoms with Gasteiger partial charge in [-0.15, -0.1) is 0 Å². The molecule has 2 aliphatic rings. The van der Waals surface area contributed by atoms with Gasteiger partial charge in [0.25, 0.3) is 15.7 Å². The van der Waals surface area contributed by atoms with Crippen LogP contribution in [-0.2, 0) is 10.0 Å². The van der Waals surface area contributed by atoms with Crippen molar-refractivity contribution in [1.82, 2.24) is 0 Å². The van der Waals surface area contributed by atoms with Gasteiger partial charge in [0.1, 0.15) is 5.69 Å². The van der Waals surface area contributed by atoms with Crippen LogP contribution in [0.5, 0.6) is 0 Å². The number of rotatable bonds is 6. The van der Waals surface area contributed by atoms with Gasteiger partial charge in [-0.25, -0.2) is 8.42 Å². The maximum Gasteiger partial charge on any atom is 0.295 e. The van der Waals surface area contributed by atoms with Crippen LogP contribution in [0.2, 0.25) is 5.02 Å². The Labute approximate surface area is 172 Å². The topological polar surface area (TPSA) is 114 Å². The summed E-state index contributed by atoms with van der Waals surface area (Å²) in [7, 11) is -4.02. The number of hydrazone groups is 1. The molecule has 1 fully saturated rings. The lowest BCUT2D eigenvalue weighted by molar-refractivity contribution is -0.384. The van der Waals surface area contributed by atoms with E-state index in [0.29, 0.717) is 16.9 Å². The predicted molar refractivity (Wildman–Crippen MR) is 112 cm³/mol. The number of fused-ring (bicyclic) bond motifs is 1. The molecule has 29 heavy (non-hydrogen) atoms. The van der Waals surface area contributed by atoms with Gasteiger partial charge in [0, 0.05) is 22.7 Å². The molecule has 2 aliphatic carbocycles. The summed E-state index contributed by atoms with van der Waals surface area (Å²) in [5.41, 5.74) is 3.73. The van der Waals surface area contributed by atoms with E-state index in [2.05, 4.69) is 27.4 Å². The van der Waals surface area contributed by atoms with Crippen molar-refractivity contribution >= 4 is 44.4 Å². The summed E-state index contributed by atoms with van der Waals surface area (Å²) >= 11 is 5.87. The van der Waals surface area contributed by atoms with Crippen LogP contribution in [0, 0.1) is 22.0 Å². The number of nitro groups is 1. The normalized spacial score (nSPS) is 21.5. The molecule has 0 aliphatic heterocycles. The lowest BCUT2D eigenvalue weighted by Crippen LogP contribution is -2.33. The van der Waals surface area contributed by atoms with Crippen molar-refractivity contribution in [2.45, 2.75) is 17.7 Å². The summed E-state index contributed by atoms with van der Waals surface area (Å²) in [6.07, 6.45) is 6.04. The fraction of sp³-hybridized carbons (Fsp3) is 0.211. The van der Waals surface area contributed by atoms with Crippen molar-refractivity contribution in [2.24, 2.45) is 16.9 Å². The average Bonchev–Trinajstić information content (AvgIpc) is 3.02. The highest BCUT2D eigenvalue weighted by Crippen LogP contribution is 2.40. The average molecular weight is 433 g/mol. The second-order valence-corrected chi connectivity index (χ2v) is 9.02. The minimum absolute atomic E-state index is 0.138. The number of anilines is 2. The number of hydrogen-bond acceptors (Lipinski definition) is 6. The third-order valence-corrected chi connectivity index (χ3v) is 6.65. The molecule has 4 rings (SSSR count). The predicted octanol–water partition coefficient (Wildman–Crippen LogP) is 4.41. The van der Waals surface area contributed by atoms with E-state index in [0.717, 1.165) is 24.6 Å². The van der Waals surface area contributed by atoms with Crippen LogP contribution >= 0.6 is 11.6 Å². The van der Waals surface area contributed by atoms with E-state index in [-0.39, 0.29) is 22.0 Å². The second kappa shape index (κ2) is 7.49. The van der Waals surface area contributed by atoms with Crippen molar-refractivity contribution in [1.29, 1.82) is 0 Å². The highest BCUT2D eigenvalue weighted by Gasteiger charge is 2.38. The van der Waals surface area contributed by atoms with Crippen molar-refractivity contribution in [3.05, 3.63) is 69.8 Å². The van der Waals surface area contributed by atoms with Gasteiger partial charge in [0.2, 0.25) is 0 Å². The maximum absolute atomic E-state index is 12.6. The van der Waals surface area contributed by atoms with Crippen molar-refractivity contribution in [3.8, 4) is 0 Å². The van der Waals surface area contributed by atoms with Crippen LogP contribution in [0.15, 0.2) is 64.6 Å². The molecule has 10 heteroatoms. The third-order valence-electron chi connectivity index (χ3n) is 5.04. The molecule has 0 bridgehead atoms. The van der Waals surface area contributed by atoms with Gasteiger partial charge in [0.15, 0.2) is 0 Å². The Morgan fingerprint density at radius 2 is 2.03 bits per heavy atom. The van der Waals surface area contributed by atoms with Crippen LogP contribution in [0.3, 0.4) is 0 Å². The molecular formula is C19H17ClN4O4S. The molecule has 0 saturated heterocycles. The zero-order valence-electron chi connectivity index (χ0n) is 15.1. The molecule has 2 aromatic carbocycles. The van der Waals surface area contributed by atoms with Crippen molar-refractivity contribution in [2.75, 3.05) is 10.1 Å². The molecule has 0 spiro atoms. The zero-order chi connectivity index (χ0) is 20.6. The quantitative estimate of drug-likeness (QED) is 0.398. The minimum atomic E-state index is -4.02. The summed E-state index contributed by atoms with van der Waals surface area (Å²) in [4.78, 5) is 10.6. The van der Waals surface area contributed by atoms with Gasteiger partial charge < -0.3 is 0 Å². The number of sulfonamides is 1. The first kappa shape index (κ1) is 19.4. The number of halogens is 1. The molecule has 0 radical (unpaired) electrons. The number of benzene rings is 2. The van der Waals surface area contributed by atoms with Gasteiger partial charge >= 0.3 is 0 Å². The summed E-state index contributed by atoms with van der Waals surface area (Å²) < 4.78 is 27.6. The van der Waals surface area contributed by atoms with Crippen LogP contribution in [-0.4, -0.2) is 19.1 Å². The molecule has 2 aromatic rings. The second-order valence-electron chi connectivity index (χ2n) is 6.91. The molecule has 0 amide bonds. The van der Waals surface area contributed by atoms with E-state index in [1.807, 2.05) is 0 Å². The molecule has 1 saturated carbocycles. The number of nitrogens with one attached hydrogen (secondary N) is 2. The number of nitrogens with zero attached hydrogens (tertiary/aromatic N) is 2. The maximum atomic E-state index is 12.6. The van der Waals surface area contributed by atoms with Crippen LogP contribution < -0.4 is 10.1 Å². The van der Waals surface area contributed by atoms with Crippen molar-refractivity contribution in [3.63, 3.8) is 0 Å². The monoisotopic (exact) mass is 432 g/mol. The Morgan fingerprint density at radius 1 is 1.21 bits per heavy atom. The van der Waals surface area contributed by atoms with Gasteiger partial charge in [0.05, 0.1) is 15.5 Å². The van der Waals surface area contributed by atoms with Gasteiger partial charge in [-0.1, -0.05) is 29.8 Å². The van der Waals surface area contributed by atoms with Gasteiger partial charge in [-0.3, -0.25) is 20.3 Å². The Bertz CT molecular complexity index is 1150. The lowest BCUT2D eigenvalue weighted by atomic mass is 9.74. The van der Waals surface area contributed by atoms with Gasteiger partial charge in [-0.05, 0) is 49.1 Å². The Kier molecular flexibility index (Phi) is 5.01. The Balaban J connectivity index is 1.57. The molecule has 2 atom stereocenters. The molecule has 0 heterocycles. The van der Waals surface area contributed by atoms with E-state index < -0.39 is 14.9 Å². The summed E-state index contributed by atoms with van der Waals surface area (Å²) in [5.74, 6) is 0.874. The number of allylic oxidation sites excluding steroid dienone is 2. The number of hydrogen-bond donors (Lipinski definition) is 2. The van der Waals surface area contributed by atoms with Gasteiger partial charge in [-0.2, -0.15) is 5.10 Å². The van der Waals surface area contributed by atoms with E-state index in [1.54, 1.807) is 12.1 Å². The lowest BCUT2D eigenvalue weighted by Gasteiger charge is -2.31. The Hall–Kier alpha value is -2.91. The molecule has 150 valence electrons. The standard InChI is InChI=1S/C19H17ClN4O4S/c20-13-4-2-5-14(10-13)23-29(27,28)15-7-8-17(19(11-15)24(25)26)21-22-18-9-12-3-1-6-16(12)18/h1-5,7-8,10-12,16,21,23H,6,9H2/b22-18+. The minimum Gasteiger partial charge on any atom is -0.280 e. The fourth-order valence-corrected chi connectivity index (χ4v) is 4.74. The highest BCUT2D eigenvalue weighted by atomic mass is 35.5. The first-order valence-electron chi connectivity index (χ1n) is 8.89. The van der Waals surface area contributed by atoms with Crippen LogP contribution in [0.1, 0.15) is 12.8 Å². The molecule has 8 nitrogen and oxygen atoms in total. The number of nitro benzene ring substituents is 1. The first-order valence-corrected chi connectivity index (χ1v) is 10.8. The summed E-state index contributed by atoms with van der Waals surface area (Å²) in [6.45, 7) is 0. The van der Waals surface area contributed by atoms with Crippen LogP contribution in [0.4, 0.5) is 17.1 Å². The summed E-state index contributed by atoms with van der Waals surface area (Å²) in [6, 6.07) is 9.84.